The molecule has 1 aromatic carbocycles. The van der Waals surface area contributed by atoms with Crippen LogP contribution in [0, 0.1) is 0 Å². The first-order chi connectivity index (χ1) is 14.9. The third-order valence-electron chi connectivity index (χ3n) is 5.32. The number of hydrogen-bond donors (Lipinski definition) is 3. The van der Waals surface area contributed by atoms with E-state index in [1.807, 2.05) is 4.57 Å². The Morgan fingerprint density at radius 1 is 1.42 bits per heavy atom. The van der Waals surface area contributed by atoms with E-state index in [4.69, 9.17) is 15.1 Å². The van der Waals surface area contributed by atoms with Gasteiger partial charge >= 0.3 is 13.1 Å². The van der Waals surface area contributed by atoms with Crippen LogP contribution >= 0.6 is 22.6 Å². The summed E-state index contributed by atoms with van der Waals surface area (Å²) < 4.78 is 12.9. The molecule has 2 aliphatic heterocycles. The van der Waals surface area contributed by atoms with E-state index in [0.717, 1.165) is 5.56 Å². The van der Waals surface area contributed by atoms with Gasteiger partial charge in [-0.1, -0.05) is 28.7 Å². The zero-order chi connectivity index (χ0) is 22.1. The SMILES string of the molecule is NCCn1cnc(CC(=O)N2CC(Oc3ccc4c(c3C(=O)O)OB(O)CC4)C2I)c1. The molecule has 4 rings (SSSR count). The largest absolute Gasteiger partial charge is 0.535 e. The zero-order valence-corrected chi connectivity index (χ0v) is 18.8. The molecule has 2 unspecified atom stereocenters. The fourth-order valence-electron chi connectivity index (χ4n) is 3.68. The summed E-state index contributed by atoms with van der Waals surface area (Å²) in [4.78, 5) is 30.4. The van der Waals surface area contributed by atoms with Gasteiger partial charge in [-0.05, 0) is 24.4 Å². The summed E-state index contributed by atoms with van der Waals surface area (Å²) in [5.74, 6) is -0.951. The average molecular weight is 540 g/mol. The maximum Gasteiger partial charge on any atom is 0.522 e. The Morgan fingerprint density at radius 2 is 2.23 bits per heavy atom. The summed E-state index contributed by atoms with van der Waals surface area (Å²) in [5.41, 5.74) is 6.82. The van der Waals surface area contributed by atoms with Crippen LogP contribution in [-0.2, 0) is 24.2 Å². The van der Waals surface area contributed by atoms with E-state index in [-0.39, 0.29) is 39.5 Å². The Bertz CT molecular complexity index is 1000. The lowest BCUT2D eigenvalue weighted by Crippen LogP contribution is -2.61. The number of carboxylic acid groups (broad SMARTS) is 1. The van der Waals surface area contributed by atoms with Crippen LogP contribution in [0.5, 0.6) is 11.5 Å². The highest BCUT2D eigenvalue weighted by atomic mass is 127. The van der Waals surface area contributed by atoms with E-state index in [1.54, 1.807) is 29.6 Å². The standard InChI is InChI=1S/C19H22BIN4O6/c21-18-14(9-25(18)15(26)7-12-8-24(6-5-22)10-23-12)30-13-2-1-11-3-4-20(29)31-17(11)16(13)19(27)28/h1-2,8,10,14,18,29H,3-7,9,22H2,(H,27,28). The molecule has 0 bridgehead atoms. The number of rotatable bonds is 7. The minimum Gasteiger partial charge on any atom is -0.535 e. The number of carboxylic acids is 1. The summed E-state index contributed by atoms with van der Waals surface area (Å²) in [7, 11) is -1.04. The third-order valence-corrected chi connectivity index (χ3v) is 6.79. The maximum atomic E-state index is 12.6. The highest BCUT2D eigenvalue weighted by molar-refractivity contribution is 14.1. The number of fused-ring (bicyclic) bond motifs is 1. The van der Waals surface area contributed by atoms with Gasteiger partial charge in [0.1, 0.15) is 27.2 Å². The van der Waals surface area contributed by atoms with Crippen LogP contribution in [0.3, 0.4) is 0 Å². The molecule has 0 saturated carbocycles. The lowest BCUT2D eigenvalue weighted by molar-refractivity contribution is -0.140. The predicted molar refractivity (Wildman–Crippen MR) is 119 cm³/mol. The smallest absolute Gasteiger partial charge is 0.522 e. The van der Waals surface area contributed by atoms with Crippen LogP contribution in [0.4, 0.5) is 0 Å². The number of carbonyl (C=O) groups is 2. The number of aryl methyl sites for hydroxylation is 1. The molecule has 3 heterocycles. The Hall–Kier alpha value is -2.32. The molecule has 2 aliphatic rings. The Morgan fingerprint density at radius 3 is 2.94 bits per heavy atom. The van der Waals surface area contributed by atoms with E-state index in [2.05, 4.69) is 27.6 Å². The van der Waals surface area contributed by atoms with Gasteiger partial charge in [-0.15, -0.1) is 0 Å². The number of alkyl halides is 1. The number of benzene rings is 1. The van der Waals surface area contributed by atoms with Gasteiger partial charge < -0.3 is 34.7 Å². The van der Waals surface area contributed by atoms with Crippen LogP contribution in [0.1, 0.15) is 21.6 Å². The molecular weight excluding hydrogens is 518 g/mol. The molecule has 4 N–H and O–H groups in total. The number of halogens is 1. The maximum absolute atomic E-state index is 12.6. The van der Waals surface area contributed by atoms with E-state index in [9.17, 15) is 19.7 Å². The highest BCUT2D eigenvalue weighted by Gasteiger charge is 2.43. The van der Waals surface area contributed by atoms with Gasteiger partial charge in [-0.25, -0.2) is 9.78 Å². The van der Waals surface area contributed by atoms with Gasteiger partial charge in [-0.3, -0.25) is 4.79 Å². The van der Waals surface area contributed by atoms with Crippen LogP contribution in [-0.4, -0.2) is 66.8 Å². The fourth-order valence-corrected chi connectivity index (χ4v) is 4.59. The molecular formula is C19H22BIN4O6. The fraction of sp³-hybridized carbons (Fsp3) is 0.421. The van der Waals surface area contributed by atoms with Crippen molar-refractivity contribution in [3.8, 4) is 11.5 Å². The molecule has 0 aliphatic carbocycles. The first kappa shape index (κ1) is 21.9. The van der Waals surface area contributed by atoms with E-state index in [1.165, 1.54) is 0 Å². The second-order valence-electron chi connectivity index (χ2n) is 7.49. The number of ether oxygens (including phenoxy) is 1. The van der Waals surface area contributed by atoms with Crippen LogP contribution in [0.15, 0.2) is 24.7 Å². The average Bonchev–Trinajstić information content (AvgIpc) is 3.16. The molecule has 0 spiro atoms. The van der Waals surface area contributed by atoms with E-state index < -0.39 is 13.1 Å². The van der Waals surface area contributed by atoms with E-state index >= 15 is 0 Å². The van der Waals surface area contributed by atoms with Gasteiger partial charge in [0.25, 0.3) is 0 Å². The van der Waals surface area contributed by atoms with Crippen LogP contribution in [0.25, 0.3) is 0 Å². The number of hydrogen-bond acceptors (Lipinski definition) is 7. The predicted octanol–water partition coefficient (Wildman–Crippen LogP) is 0.549. The van der Waals surface area contributed by atoms with Crippen molar-refractivity contribution in [1.82, 2.24) is 14.5 Å². The molecule has 12 heteroatoms. The molecule has 31 heavy (non-hydrogen) atoms. The number of aromatic nitrogens is 2. The first-order valence-corrected chi connectivity index (χ1v) is 11.2. The number of imidazole rings is 1. The lowest BCUT2D eigenvalue weighted by atomic mass is 9.78. The first-order valence-electron chi connectivity index (χ1n) is 9.92. The van der Waals surface area contributed by atoms with Crippen molar-refractivity contribution in [3.63, 3.8) is 0 Å². The number of nitrogens with zero attached hydrogens (tertiary/aromatic N) is 3. The van der Waals surface area contributed by atoms with Gasteiger partial charge in [-0.2, -0.15) is 0 Å². The summed E-state index contributed by atoms with van der Waals surface area (Å²) in [5, 5.41) is 19.5. The van der Waals surface area contributed by atoms with Crippen molar-refractivity contribution in [1.29, 1.82) is 0 Å². The topological polar surface area (TPSA) is 140 Å². The molecule has 1 amide bonds. The number of likely N-dealkylation sites (tertiary alicyclic amines) is 1. The van der Waals surface area contributed by atoms with Gasteiger partial charge in [0.15, 0.2) is 0 Å². The molecule has 2 atom stereocenters. The summed E-state index contributed by atoms with van der Waals surface area (Å²) in [6.45, 7) is 1.48. The molecule has 164 valence electrons. The number of amides is 1. The molecule has 2 aromatic rings. The minimum atomic E-state index is -1.19. The van der Waals surface area contributed by atoms with Gasteiger partial charge in [0, 0.05) is 19.3 Å². The molecule has 1 aromatic heterocycles. The highest BCUT2D eigenvalue weighted by Crippen LogP contribution is 2.38. The summed E-state index contributed by atoms with van der Waals surface area (Å²) in [6, 6.07) is 3.37. The lowest BCUT2D eigenvalue weighted by Gasteiger charge is -2.44. The monoisotopic (exact) mass is 540 g/mol. The molecule has 1 saturated heterocycles. The van der Waals surface area contributed by atoms with Crippen molar-refractivity contribution in [2.24, 2.45) is 5.73 Å². The Labute approximate surface area is 192 Å². The van der Waals surface area contributed by atoms with Crippen molar-refractivity contribution in [2.45, 2.75) is 35.9 Å². The summed E-state index contributed by atoms with van der Waals surface area (Å²) in [6.07, 6.45) is 4.21. The summed E-state index contributed by atoms with van der Waals surface area (Å²) >= 11 is 2.12. The second-order valence-corrected chi connectivity index (χ2v) is 8.76. The normalized spacial score (nSPS) is 20.0. The number of carbonyl (C=O) groups excluding carboxylic acids is 1. The molecule has 10 nitrogen and oxygen atoms in total. The Kier molecular flexibility index (Phi) is 6.39. The Balaban J connectivity index is 1.42. The van der Waals surface area contributed by atoms with E-state index in [0.29, 0.717) is 38.1 Å². The van der Waals surface area contributed by atoms with Crippen molar-refractivity contribution < 1.29 is 29.1 Å². The second kappa shape index (κ2) is 9.05. The van der Waals surface area contributed by atoms with Crippen LogP contribution < -0.4 is 15.1 Å². The number of nitrogens with two attached hydrogens (primary N) is 1. The van der Waals surface area contributed by atoms with Gasteiger partial charge in [0.05, 0.1) is 25.0 Å². The molecule has 1 fully saturated rings. The van der Waals surface area contributed by atoms with Crippen molar-refractivity contribution in [3.05, 3.63) is 41.5 Å². The number of aromatic carboxylic acids is 1. The van der Waals surface area contributed by atoms with Gasteiger partial charge in [0.2, 0.25) is 5.91 Å². The third kappa shape index (κ3) is 4.50. The minimum absolute atomic E-state index is 0.0763. The van der Waals surface area contributed by atoms with Crippen molar-refractivity contribution >= 4 is 41.6 Å². The molecule has 0 radical (unpaired) electrons. The van der Waals surface area contributed by atoms with Crippen LogP contribution in [0.2, 0.25) is 6.32 Å². The van der Waals surface area contributed by atoms with Crippen molar-refractivity contribution in [2.75, 3.05) is 13.1 Å². The zero-order valence-electron chi connectivity index (χ0n) is 16.6. The quantitative estimate of drug-likeness (QED) is 0.200.